The van der Waals surface area contributed by atoms with Crippen molar-refractivity contribution in [2.24, 2.45) is 5.92 Å². The number of nitro groups is 1. The number of para-hydroxylation sites is 1. The number of carbonyl (C=O) groups is 2. The van der Waals surface area contributed by atoms with Gasteiger partial charge in [-0.15, -0.1) is 0 Å². The number of hydrogen-bond acceptors (Lipinski definition) is 8. The minimum absolute atomic E-state index is 0.0939. The van der Waals surface area contributed by atoms with E-state index in [1.165, 1.54) is 23.9 Å². The Morgan fingerprint density at radius 2 is 1.79 bits per heavy atom. The molecule has 34 heavy (non-hydrogen) atoms. The molecule has 2 aromatic carbocycles. The number of non-ortho nitro benzene ring substituents is 1. The summed E-state index contributed by atoms with van der Waals surface area (Å²) in [5, 5.41) is 12.8. The molecule has 3 fully saturated rings. The molecule has 0 saturated carbocycles. The number of nitrogens with zero attached hydrogens (tertiary/aromatic N) is 4. The molecule has 0 radical (unpaired) electrons. The summed E-state index contributed by atoms with van der Waals surface area (Å²) in [5.41, 5.74) is 0.430. The molecule has 2 aromatic rings. The number of nitro benzene ring substituents is 1. The minimum atomic E-state index is -1.03. The van der Waals surface area contributed by atoms with E-state index in [2.05, 4.69) is 0 Å². The predicted molar refractivity (Wildman–Crippen MR) is 131 cm³/mol. The summed E-state index contributed by atoms with van der Waals surface area (Å²) in [4.78, 5) is 47.4. The third-order valence-corrected chi connectivity index (χ3v) is 8.81. The van der Waals surface area contributed by atoms with Crippen molar-refractivity contribution in [1.29, 1.82) is 0 Å². The fourth-order valence-electron chi connectivity index (χ4n) is 4.73. The van der Waals surface area contributed by atoms with Gasteiger partial charge in [0.1, 0.15) is 9.69 Å². The normalized spacial score (nSPS) is 28.6. The molecule has 176 valence electrons. The highest BCUT2D eigenvalue weighted by Crippen LogP contribution is 2.52. The van der Waals surface area contributed by atoms with Crippen LogP contribution in [-0.4, -0.2) is 55.1 Å². The second kappa shape index (κ2) is 8.12. The van der Waals surface area contributed by atoms with E-state index in [0.29, 0.717) is 15.6 Å². The van der Waals surface area contributed by atoms with E-state index in [0.717, 1.165) is 4.90 Å². The van der Waals surface area contributed by atoms with Crippen molar-refractivity contribution in [3.8, 4) is 0 Å². The number of anilines is 1. The van der Waals surface area contributed by atoms with Gasteiger partial charge in [0.15, 0.2) is 6.10 Å². The summed E-state index contributed by atoms with van der Waals surface area (Å²) in [5.74, 6) is -1.70. The van der Waals surface area contributed by atoms with E-state index >= 15 is 0 Å². The van der Waals surface area contributed by atoms with Gasteiger partial charge in [0, 0.05) is 19.2 Å². The van der Waals surface area contributed by atoms with Crippen LogP contribution in [0.3, 0.4) is 0 Å². The van der Waals surface area contributed by atoms with Gasteiger partial charge in [0.05, 0.1) is 28.1 Å². The third-order valence-electron chi connectivity index (χ3n) is 6.77. The molecule has 11 heteroatoms. The summed E-state index contributed by atoms with van der Waals surface area (Å²) in [6, 6.07) is 14.2. The van der Waals surface area contributed by atoms with Crippen LogP contribution in [0.15, 0.2) is 54.6 Å². The fourth-order valence-corrected chi connectivity index (χ4v) is 6.55. The van der Waals surface area contributed by atoms with Crippen LogP contribution < -0.4 is 4.90 Å². The maximum absolute atomic E-state index is 13.7. The van der Waals surface area contributed by atoms with E-state index in [1.807, 2.05) is 25.8 Å². The number of imide groups is 1. The van der Waals surface area contributed by atoms with Crippen molar-refractivity contribution in [3.05, 3.63) is 70.3 Å². The Hall–Kier alpha value is -2.86. The van der Waals surface area contributed by atoms with Crippen molar-refractivity contribution in [2.75, 3.05) is 11.9 Å². The number of likely N-dealkylation sites (N-methyl/N-ethyl adjacent to an activating group) is 1. The van der Waals surface area contributed by atoms with Gasteiger partial charge in [-0.3, -0.25) is 24.5 Å². The zero-order chi connectivity index (χ0) is 24.4. The van der Waals surface area contributed by atoms with E-state index in [-0.39, 0.29) is 11.1 Å². The van der Waals surface area contributed by atoms with Crippen molar-refractivity contribution >= 4 is 51.5 Å². The van der Waals surface area contributed by atoms with Crippen LogP contribution in [0.2, 0.25) is 0 Å². The SMILES string of the molecule is CN1C(=S)S[C@@H](N2O[C@@H]3C(=O)N(c4ccccc4)C(=O)[C@@H]3[C@@H]2c2cccc([N+](=O)[O-])c2)C1(C)C. The Kier molecular flexibility index (Phi) is 5.47. The number of fused-ring (bicyclic) bond motifs is 1. The second-order valence-corrected chi connectivity index (χ2v) is 10.7. The highest BCUT2D eigenvalue weighted by molar-refractivity contribution is 8.23. The van der Waals surface area contributed by atoms with Gasteiger partial charge >= 0.3 is 0 Å². The zero-order valence-corrected chi connectivity index (χ0v) is 20.3. The largest absolute Gasteiger partial charge is 0.353 e. The molecule has 0 spiro atoms. The molecule has 9 nitrogen and oxygen atoms in total. The quantitative estimate of drug-likeness (QED) is 0.272. The molecule has 3 aliphatic heterocycles. The third kappa shape index (κ3) is 3.34. The van der Waals surface area contributed by atoms with E-state index in [4.69, 9.17) is 17.1 Å². The lowest BCUT2D eigenvalue weighted by molar-refractivity contribution is -0.385. The van der Waals surface area contributed by atoms with Gasteiger partial charge < -0.3 is 4.90 Å². The van der Waals surface area contributed by atoms with Crippen molar-refractivity contribution < 1.29 is 19.3 Å². The lowest BCUT2D eigenvalue weighted by Gasteiger charge is -2.39. The molecule has 2 amide bonds. The highest BCUT2D eigenvalue weighted by Gasteiger charge is 2.63. The smallest absolute Gasteiger partial charge is 0.269 e. The second-order valence-electron chi connectivity index (χ2n) is 9.00. The standard InChI is InChI=1S/C23H22N4O5S2/c1-23(2)21(34-22(33)24(23)3)26-17(13-8-7-11-15(12-13)27(30)31)16-18(32-26)20(29)25(19(16)28)14-9-5-4-6-10-14/h4-12,16-18,21H,1-3H3/t16-,17+,18+,21-/m1/s1. The van der Waals surface area contributed by atoms with Crippen LogP contribution in [0.25, 0.3) is 0 Å². The molecule has 0 bridgehead atoms. The summed E-state index contributed by atoms with van der Waals surface area (Å²) < 4.78 is 0.664. The number of thioether (sulfide) groups is 1. The lowest BCUT2D eigenvalue weighted by Crippen LogP contribution is -2.51. The average molecular weight is 499 g/mol. The van der Waals surface area contributed by atoms with Gasteiger partial charge in [-0.25, -0.2) is 4.90 Å². The van der Waals surface area contributed by atoms with Crippen LogP contribution in [0, 0.1) is 16.0 Å². The first kappa shape index (κ1) is 22.9. The fraction of sp³-hybridized carbons (Fsp3) is 0.348. The average Bonchev–Trinajstić information content (AvgIpc) is 3.39. The predicted octanol–water partition coefficient (Wildman–Crippen LogP) is 3.51. The molecular weight excluding hydrogens is 476 g/mol. The first-order chi connectivity index (χ1) is 16.1. The Morgan fingerprint density at radius 3 is 2.41 bits per heavy atom. The maximum Gasteiger partial charge on any atom is 0.269 e. The molecule has 0 unspecified atom stereocenters. The van der Waals surface area contributed by atoms with Crippen LogP contribution in [0.1, 0.15) is 25.5 Å². The van der Waals surface area contributed by atoms with Crippen molar-refractivity contribution in [1.82, 2.24) is 9.96 Å². The van der Waals surface area contributed by atoms with Gasteiger partial charge in [-0.05, 0) is 31.5 Å². The van der Waals surface area contributed by atoms with Crippen molar-refractivity contribution in [3.63, 3.8) is 0 Å². The highest BCUT2D eigenvalue weighted by atomic mass is 32.2. The Bertz CT molecular complexity index is 1210. The monoisotopic (exact) mass is 498 g/mol. The molecule has 3 heterocycles. The van der Waals surface area contributed by atoms with Crippen LogP contribution in [-0.2, 0) is 14.4 Å². The number of benzene rings is 2. The molecule has 0 aromatic heterocycles. The van der Waals surface area contributed by atoms with Crippen LogP contribution in [0.4, 0.5) is 11.4 Å². The molecule has 3 saturated heterocycles. The molecule has 0 aliphatic carbocycles. The maximum atomic E-state index is 13.7. The molecule has 5 rings (SSSR count). The van der Waals surface area contributed by atoms with Gasteiger partial charge in [0.25, 0.3) is 11.6 Å². The Balaban J connectivity index is 1.61. The van der Waals surface area contributed by atoms with Crippen LogP contribution >= 0.6 is 24.0 Å². The van der Waals surface area contributed by atoms with E-state index in [9.17, 15) is 19.7 Å². The minimum Gasteiger partial charge on any atom is -0.353 e. The van der Waals surface area contributed by atoms with Gasteiger partial charge in [-0.1, -0.05) is 54.3 Å². The van der Waals surface area contributed by atoms with Crippen LogP contribution in [0.5, 0.6) is 0 Å². The molecular formula is C23H22N4O5S2. The lowest BCUT2D eigenvalue weighted by atomic mass is 9.89. The summed E-state index contributed by atoms with van der Waals surface area (Å²) >= 11 is 6.93. The number of hydrogen-bond donors (Lipinski definition) is 0. The van der Waals surface area contributed by atoms with E-state index in [1.54, 1.807) is 47.5 Å². The number of carbonyl (C=O) groups excluding carboxylic acids is 2. The first-order valence-electron chi connectivity index (χ1n) is 10.7. The molecule has 0 N–H and O–H groups in total. The summed E-state index contributed by atoms with van der Waals surface area (Å²) in [6.07, 6.45) is -1.03. The summed E-state index contributed by atoms with van der Waals surface area (Å²) in [6.45, 7) is 4.01. The van der Waals surface area contributed by atoms with E-state index < -0.39 is 40.3 Å². The van der Waals surface area contributed by atoms with Crippen molar-refractivity contribution in [2.45, 2.75) is 36.9 Å². The molecule has 3 aliphatic rings. The molecule has 4 atom stereocenters. The first-order valence-corrected chi connectivity index (χ1v) is 12.0. The van der Waals surface area contributed by atoms with Gasteiger partial charge in [-0.2, -0.15) is 5.06 Å². The van der Waals surface area contributed by atoms with Gasteiger partial charge in [0.2, 0.25) is 5.91 Å². The Morgan fingerprint density at radius 1 is 1.09 bits per heavy atom. The number of amides is 2. The number of hydroxylamine groups is 2. The topological polar surface area (TPSA) is 96.2 Å². The number of thiocarbonyl (C=S) groups is 1. The number of rotatable bonds is 4. The zero-order valence-electron chi connectivity index (χ0n) is 18.7. The summed E-state index contributed by atoms with van der Waals surface area (Å²) in [7, 11) is 1.89. The Labute approximate surface area is 205 Å².